The van der Waals surface area contributed by atoms with E-state index < -0.39 is 5.60 Å². The molecule has 0 saturated heterocycles. The molecule has 0 atom stereocenters. The summed E-state index contributed by atoms with van der Waals surface area (Å²) in [4.78, 5) is 14.9. The van der Waals surface area contributed by atoms with Crippen LogP contribution >= 0.6 is 0 Å². The first-order valence-electron chi connectivity index (χ1n) is 16.9. The maximum atomic E-state index is 6.54. The van der Waals surface area contributed by atoms with Gasteiger partial charge >= 0.3 is 0 Å². The molecule has 0 saturated carbocycles. The van der Waals surface area contributed by atoms with Gasteiger partial charge < -0.3 is 4.74 Å². The molecule has 1 aromatic heterocycles. The second-order valence-corrected chi connectivity index (χ2v) is 13.2. The number of hydrogen-bond acceptors (Lipinski definition) is 4. The zero-order valence-electron chi connectivity index (χ0n) is 27.8. The van der Waals surface area contributed by atoms with E-state index in [9.17, 15) is 0 Å². The van der Waals surface area contributed by atoms with Crippen LogP contribution in [0.15, 0.2) is 164 Å². The molecule has 0 unspecified atom stereocenters. The quantitative estimate of drug-likeness (QED) is 0.187. The summed E-state index contributed by atoms with van der Waals surface area (Å²) in [5, 5.41) is 2.46. The molecule has 7 aromatic carbocycles. The Kier molecular flexibility index (Phi) is 7.10. The number of rotatable bonds is 5. The maximum Gasteiger partial charge on any atom is 0.164 e. The summed E-state index contributed by atoms with van der Waals surface area (Å²) in [6.45, 7) is 4.25. The zero-order chi connectivity index (χ0) is 33.7. The summed E-state index contributed by atoms with van der Waals surface area (Å²) in [6, 6.07) is 57.0. The molecule has 238 valence electrons. The van der Waals surface area contributed by atoms with Gasteiger partial charge in [0, 0.05) is 27.8 Å². The second kappa shape index (κ2) is 11.9. The van der Waals surface area contributed by atoms with E-state index in [2.05, 4.69) is 147 Å². The standard InChI is InChI=1S/C46H33N3O/c1-46(2)41-18-9-8-16-39(41)40-28-27-36(29-42(40)50-46)30-19-23-34(24-20-30)44-47-43(33-12-4-3-5-13-33)48-45(49-44)35-25-21-32(22-26-35)38-17-10-14-31-11-6-7-15-37(31)38/h3-29H,1-2H3. The third kappa shape index (κ3) is 5.32. The van der Waals surface area contributed by atoms with Crippen LogP contribution in [0.5, 0.6) is 5.75 Å². The molecule has 4 nitrogen and oxygen atoms in total. The predicted molar refractivity (Wildman–Crippen MR) is 204 cm³/mol. The number of benzene rings is 7. The van der Waals surface area contributed by atoms with Crippen LogP contribution in [0.25, 0.3) is 78.3 Å². The Hall–Kier alpha value is -6.39. The molecule has 0 spiro atoms. The molecule has 50 heavy (non-hydrogen) atoms. The fourth-order valence-electron chi connectivity index (χ4n) is 7.02. The monoisotopic (exact) mass is 643 g/mol. The van der Waals surface area contributed by atoms with E-state index in [1.165, 1.54) is 27.5 Å². The fraction of sp³-hybridized carbons (Fsp3) is 0.0652. The Balaban J connectivity index is 1.07. The van der Waals surface area contributed by atoms with Gasteiger partial charge in [-0.2, -0.15) is 0 Å². The molecule has 0 amide bonds. The first kappa shape index (κ1) is 29.7. The van der Waals surface area contributed by atoms with Crippen molar-refractivity contribution in [3.63, 3.8) is 0 Å². The molecule has 0 aliphatic carbocycles. The van der Waals surface area contributed by atoms with Gasteiger partial charge in [-0.1, -0.05) is 158 Å². The van der Waals surface area contributed by atoms with Gasteiger partial charge in [-0.15, -0.1) is 0 Å². The Labute approximate surface area is 291 Å². The first-order valence-corrected chi connectivity index (χ1v) is 16.9. The van der Waals surface area contributed by atoms with Gasteiger partial charge in [0.1, 0.15) is 11.4 Å². The zero-order valence-corrected chi connectivity index (χ0v) is 27.8. The lowest BCUT2D eigenvalue weighted by Gasteiger charge is -2.35. The van der Waals surface area contributed by atoms with Crippen molar-refractivity contribution in [1.82, 2.24) is 15.0 Å². The highest BCUT2D eigenvalue weighted by Gasteiger charge is 2.32. The van der Waals surface area contributed by atoms with Crippen LogP contribution in [0.4, 0.5) is 0 Å². The number of aromatic nitrogens is 3. The van der Waals surface area contributed by atoms with Crippen LogP contribution < -0.4 is 4.74 Å². The van der Waals surface area contributed by atoms with E-state index >= 15 is 0 Å². The van der Waals surface area contributed by atoms with Crippen LogP contribution in [0, 0.1) is 0 Å². The second-order valence-electron chi connectivity index (χ2n) is 13.2. The summed E-state index contributed by atoms with van der Waals surface area (Å²) < 4.78 is 6.54. The normalized spacial score (nSPS) is 12.9. The number of nitrogens with zero attached hydrogens (tertiary/aromatic N) is 3. The topological polar surface area (TPSA) is 47.9 Å². The molecule has 0 bridgehead atoms. The van der Waals surface area contributed by atoms with E-state index in [0.717, 1.165) is 44.7 Å². The molecule has 0 fully saturated rings. The summed E-state index contributed by atoms with van der Waals surface area (Å²) >= 11 is 0. The molecule has 1 aliphatic heterocycles. The van der Waals surface area contributed by atoms with E-state index in [1.807, 2.05) is 30.3 Å². The third-order valence-electron chi connectivity index (χ3n) is 9.60. The third-order valence-corrected chi connectivity index (χ3v) is 9.60. The average molecular weight is 644 g/mol. The largest absolute Gasteiger partial charge is 0.482 e. The smallest absolute Gasteiger partial charge is 0.164 e. The van der Waals surface area contributed by atoms with E-state index in [0.29, 0.717) is 17.5 Å². The molecular weight excluding hydrogens is 611 g/mol. The Bertz CT molecular complexity index is 2520. The summed E-state index contributed by atoms with van der Waals surface area (Å²) in [5.74, 6) is 2.81. The minimum atomic E-state index is -0.408. The van der Waals surface area contributed by atoms with Crippen LogP contribution in [0.1, 0.15) is 19.4 Å². The number of ether oxygens (including phenoxy) is 1. The Morgan fingerprint density at radius 1 is 0.400 bits per heavy atom. The summed E-state index contributed by atoms with van der Waals surface area (Å²) in [7, 11) is 0. The minimum Gasteiger partial charge on any atom is -0.482 e. The SMILES string of the molecule is CC1(C)Oc2cc(-c3ccc(-c4nc(-c5ccccc5)nc(-c5ccc(-c6cccc7ccccc67)cc5)n4)cc3)ccc2-c2ccccc21. The number of hydrogen-bond donors (Lipinski definition) is 0. The molecular formula is C46H33N3O. The molecule has 4 heteroatoms. The van der Waals surface area contributed by atoms with Crippen molar-refractivity contribution < 1.29 is 4.74 Å². The van der Waals surface area contributed by atoms with Crippen molar-refractivity contribution >= 4 is 10.8 Å². The van der Waals surface area contributed by atoms with E-state index in [-0.39, 0.29) is 0 Å². The van der Waals surface area contributed by atoms with Gasteiger partial charge in [0.15, 0.2) is 17.5 Å². The van der Waals surface area contributed by atoms with Crippen molar-refractivity contribution in [3.8, 4) is 73.3 Å². The van der Waals surface area contributed by atoms with E-state index in [1.54, 1.807) is 0 Å². The molecule has 1 aliphatic rings. The number of fused-ring (bicyclic) bond motifs is 4. The van der Waals surface area contributed by atoms with Crippen LogP contribution in [0.2, 0.25) is 0 Å². The molecule has 0 N–H and O–H groups in total. The summed E-state index contributed by atoms with van der Waals surface area (Å²) in [6.07, 6.45) is 0. The van der Waals surface area contributed by atoms with Crippen LogP contribution in [0.3, 0.4) is 0 Å². The lowest BCUT2D eigenvalue weighted by molar-refractivity contribution is 0.106. The van der Waals surface area contributed by atoms with Crippen molar-refractivity contribution in [2.75, 3.05) is 0 Å². The minimum absolute atomic E-state index is 0.408. The Morgan fingerprint density at radius 2 is 0.920 bits per heavy atom. The molecule has 0 radical (unpaired) electrons. The van der Waals surface area contributed by atoms with Gasteiger partial charge in [-0.05, 0) is 58.5 Å². The first-order chi connectivity index (χ1) is 24.5. The molecule has 9 rings (SSSR count). The fourth-order valence-corrected chi connectivity index (χ4v) is 7.02. The molecule has 2 heterocycles. The average Bonchev–Trinajstić information content (AvgIpc) is 3.18. The van der Waals surface area contributed by atoms with Gasteiger partial charge in [0.2, 0.25) is 0 Å². The van der Waals surface area contributed by atoms with E-state index in [4.69, 9.17) is 19.7 Å². The predicted octanol–water partition coefficient (Wildman–Crippen LogP) is 11.7. The van der Waals surface area contributed by atoms with Crippen LogP contribution in [-0.2, 0) is 5.60 Å². The highest BCUT2D eigenvalue weighted by Crippen LogP contribution is 2.46. The van der Waals surface area contributed by atoms with Gasteiger partial charge in [-0.3, -0.25) is 0 Å². The molecule has 8 aromatic rings. The van der Waals surface area contributed by atoms with Crippen molar-refractivity contribution in [2.45, 2.75) is 19.4 Å². The lowest BCUT2D eigenvalue weighted by Crippen LogP contribution is -2.29. The van der Waals surface area contributed by atoms with Crippen molar-refractivity contribution in [2.24, 2.45) is 0 Å². The van der Waals surface area contributed by atoms with Gasteiger partial charge in [0.05, 0.1) is 0 Å². The lowest BCUT2D eigenvalue weighted by atomic mass is 9.85. The van der Waals surface area contributed by atoms with Crippen molar-refractivity contribution in [1.29, 1.82) is 0 Å². The maximum absolute atomic E-state index is 6.54. The van der Waals surface area contributed by atoms with Gasteiger partial charge in [-0.25, -0.2) is 15.0 Å². The highest BCUT2D eigenvalue weighted by atomic mass is 16.5. The summed E-state index contributed by atoms with van der Waals surface area (Å²) in [5.41, 5.74) is 10.5. The van der Waals surface area contributed by atoms with Crippen LogP contribution in [-0.4, -0.2) is 15.0 Å². The Morgan fingerprint density at radius 3 is 1.64 bits per heavy atom. The highest BCUT2D eigenvalue weighted by molar-refractivity contribution is 5.96. The van der Waals surface area contributed by atoms with Gasteiger partial charge in [0.25, 0.3) is 0 Å². The van der Waals surface area contributed by atoms with Crippen molar-refractivity contribution in [3.05, 3.63) is 169 Å².